The van der Waals surface area contributed by atoms with Crippen molar-refractivity contribution in [3.05, 3.63) is 83.9 Å². The number of benzene rings is 3. The van der Waals surface area contributed by atoms with Gasteiger partial charge in [-0.3, -0.25) is 13.9 Å². The summed E-state index contributed by atoms with van der Waals surface area (Å²) < 4.78 is 39.9. The number of rotatable bonds is 13. The van der Waals surface area contributed by atoms with E-state index in [1.54, 1.807) is 37.3 Å². The third-order valence-corrected chi connectivity index (χ3v) is 8.21. The fourth-order valence-electron chi connectivity index (χ4n) is 4.44. The predicted molar refractivity (Wildman–Crippen MR) is 155 cm³/mol. The van der Waals surface area contributed by atoms with Gasteiger partial charge in [0.1, 0.15) is 24.1 Å². The van der Waals surface area contributed by atoms with E-state index >= 15 is 0 Å². The summed E-state index contributed by atoms with van der Waals surface area (Å²) in [6.45, 7) is 5.53. The van der Waals surface area contributed by atoms with Crippen LogP contribution in [0.25, 0.3) is 0 Å². The van der Waals surface area contributed by atoms with Gasteiger partial charge in [-0.1, -0.05) is 55.0 Å². The summed E-state index contributed by atoms with van der Waals surface area (Å²) in [5.74, 6) is -0.206. The number of hydrogen-bond donors (Lipinski definition) is 1. The molecule has 0 bridgehead atoms. The van der Waals surface area contributed by atoms with Crippen LogP contribution in [0.1, 0.15) is 31.4 Å². The molecule has 0 aliphatic rings. The average Bonchev–Trinajstić information content (AvgIpc) is 2.95. The quantitative estimate of drug-likeness (QED) is 0.333. The number of nitrogens with one attached hydrogen (secondary N) is 1. The maximum atomic E-state index is 14.1. The van der Waals surface area contributed by atoms with Crippen molar-refractivity contribution in [3.63, 3.8) is 0 Å². The lowest BCUT2D eigenvalue weighted by Crippen LogP contribution is -2.52. The Bertz CT molecular complexity index is 1410. The second kappa shape index (κ2) is 13.8. The van der Waals surface area contributed by atoms with Crippen LogP contribution in [0.2, 0.25) is 0 Å². The Labute approximate surface area is 236 Å². The maximum Gasteiger partial charge on any atom is 0.264 e. The van der Waals surface area contributed by atoms with Gasteiger partial charge in [0.05, 0.1) is 24.8 Å². The van der Waals surface area contributed by atoms with Crippen molar-refractivity contribution < 1.29 is 27.5 Å². The van der Waals surface area contributed by atoms with Crippen LogP contribution < -0.4 is 19.1 Å². The van der Waals surface area contributed by atoms with Gasteiger partial charge < -0.3 is 19.7 Å². The number of sulfonamides is 1. The number of aryl methyl sites for hydroxylation is 1. The van der Waals surface area contributed by atoms with Crippen LogP contribution in [-0.4, -0.2) is 58.5 Å². The molecule has 0 spiro atoms. The molecule has 1 unspecified atom stereocenters. The molecule has 1 atom stereocenters. The molecular formula is C30H37N3O6S. The van der Waals surface area contributed by atoms with Gasteiger partial charge in [0.2, 0.25) is 11.8 Å². The minimum atomic E-state index is -4.23. The van der Waals surface area contributed by atoms with E-state index in [0.29, 0.717) is 18.7 Å². The monoisotopic (exact) mass is 567 g/mol. The van der Waals surface area contributed by atoms with E-state index in [9.17, 15) is 18.0 Å². The Balaban J connectivity index is 2.14. The van der Waals surface area contributed by atoms with Crippen molar-refractivity contribution in [3.8, 4) is 11.5 Å². The number of likely N-dealkylation sites (N-methyl/N-ethyl adjacent to an activating group) is 1. The second-order valence-corrected chi connectivity index (χ2v) is 11.1. The van der Waals surface area contributed by atoms with Gasteiger partial charge in [-0.05, 0) is 50.1 Å². The molecule has 0 fully saturated rings. The van der Waals surface area contributed by atoms with Crippen LogP contribution in [0.15, 0.2) is 77.7 Å². The SMILES string of the molecule is CCNC(=O)C(CC)N(Cc1cccc(C)c1)C(=O)CN(c1cc(OC)ccc1OC)S(=O)(=O)c1ccccc1. The first-order valence-electron chi connectivity index (χ1n) is 13.1. The molecule has 0 heterocycles. The lowest BCUT2D eigenvalue weighted by atomic mass is 10.1. The molecule has 0 aliphatic carbocycles. The maximum absolute atomic E-state index is 14.1. The summed E-state index contributed by atoms with van der Waals surface area (Å²) in [5, 5.41) is 2.80. The summed E-state index contributed by atoms with van der Waals surface area (Å²) in [6, 6.07) is 19.4. The van der Waals surface area contributed by atoms with Crippen molar-refractivity contribution in [2.75, 3.05) is 31.6 Å². The van der Waals surface area contributed by atoms with Crippen LogP contribution in [0.4, 0.5) is 5.69 Å². The number of methoxy groups -OCH3 is 2. The highest BCUT2D eigenvalue weighted by Gasteiger charge is 2.34. The molecule has 3 aromatic rings. The number of hydrogen-bond acceptors (Lipinski definition) is 6. The van der Waals surface area contributed by atoms with Crippen LogP contribution in [0, 0.1) is 6.92 Å². The van der Waals surface area contributed by atoms with Gasteiger partial charge >= 0.3 is 0 Å². The summed E-state index contributed by atoms with van der Waals surface area (Å²) in [4.78, 5) is 28.6. The first kappa shape index (κ1) is 30.5. The molecule has 3 rings (SSSR count). The van der Waals surface area contributed by atoms with E-state index in [4.69, 9.17) is 9.47 Å². The number of carbonyl (C=O) groups excluding carboxylic acids is 2. The fraction of sp³-hybridized carbons (Fsp3) is 0.333. The van der Waals surface area contributed by atoms with E-state index in [-0.39, 0.29) is 28.8 Å². The van der Waals surface area contributed by atoms with E-state index in [1.807, 2.05) is 38.1 Å². The summed E-state index contributed by atoms with van der Waals surface area (Å²) in [7, 11) is -1.34. The lowest BCUT2D eigenvalue weighted by Gasteiger charge is -2.33. The average molecular weight is 568 g/mol. The van der Waals surface area contributed by atoms with E-state index in [0.717, 1.165) is 15.4 Å². The fourth-order valence-corrected chi connectivity index (χ4v) is 5.88. The number of carbonyl (C=O) groups is 2. The Hall–Kier alpha value is -4.05. The number of ether oxygens (including phenoxy) is 2. The molecular weight excluding hydrogens is 530 g/mol. The van der Waals surface area contributed by atoms with Gasteiger partial charge in [0.15, 0.2) is 0 Å². The zero-order chi connectivity index (χ0) is 29.3. The van der Waals surface area contributed by atoms with Crippen LogP contribution in [-0.2, 0) is 26.2 Å². The zero-order valence-electron chi connectivity index (χ0n) is 23.6. The third kappa shape index (κ3) is 7.12. The van der Waals surface area contributed by atoms with Gasteiger partial charge in [-0.15, -0.1) is 0 Å². The number of anilines is 1. The van der Waals surface area contributed by atoms with Crippen molar-refractivity contribution in [2.45, 2.75) is 44.7 Å². The zero-order valence-corrected chi connectivity index (χ0v) is 24.4. The van der Waals surface area contributed by atoms with Gasteiger partial charge in [0, 0.05) is 19.2 Å². The normalized spacial score (nSPS) is 11.8. The molecule has 0 saturated heterocycles. The standard InChI is InChI=1S/C30H37N3O6S/c1-6-26(30(35)31-7-2)32(20-23-13-11-12-22(3)18-23)29(34)21-33(40(36,37)25-14-9-8-10-15-25)27-19-24(38-4)16-17-28(27)39-5/h8-19,26H,6-7,20-21H2,1-5H3,(H,31,35). The highest BCUT2D eigenvalue weighted by molar-refractivity contribution is 7.92. The van der Waals surface area contributed by atoms with E-state index in [1.165, 1.54) is 37.3 Å². The first-order valence-corrected chi connectivity index (χ1v) is 14.5. The van der Waals surface area contributed by atoms with Gasteiger partial charge in [0.25, 0.3) is 10.0 Å². The molecule has 1 N–H and O–H groups in total. The minimum Gasteiger partial charge on any atom is -0.497 e. The van der Waals surface area contributed by atoms with Gasteiger partial charge in [-0.25, -0.2) is 8.42 Å². The highest BCUT2D eigenvalue weighted by Crippen LogP contribution is 2.36. The summed E-state index contributed by atoms with van der Waals surface area (Å²) in [5.41, 5.74) is 1.97. The molecule has 0 aliphatic heterocycles. The van der Waals surface area contributed by atoms with E-state index in [2.05, 4.69) is 5.32 Å². The molecule has 0 aromatic heterocycles. The van der Waals surface area contributed by atoms with Crippen molar-refractivity contribution in [1.29, 1.82) is 0 Å². The van der Waals surface area contributed by atoms with Crippen molar-refractivity contribution in [1.82, 2.24) is 10.2 Å². The molecule has 0 saturated carbocycles. The van der Waals surface area contributed by atoms with Crippen LogP contribution in [0.5, 0.6) is 11.5 Å². The molecule has 9 nitrogen and oxygen atoms in total. The van der Waals surface area contributed by atoms with Crippen LogP contribution in [0.3, 0.4) is 0 Å². The minimum absolute atomic E-state index is 0.00803. The Morgan fingerprint density at radius 1 is 0.925 bits per heavy atom. The Morgan fingerprint density at radius 2 is 1.65 bits per heavy atom. The Kier molecular flexibility index (Phi) is 10.6. The largest absolute Gasteiger partial charge is 0.497 e. The molecule has 40 heavy (non-hydrogen) atoms. The van der Waals surface area contributed by atoms with E-state index < -0.39 is 28.5 Å². The molecule has 3 aromatic carbocycles. The van der Waals surface area contributed by atoms with Gasteiger partial charge in [-0.2, -0.15) is 0 Å². The lowest BCUT2D eigenvalue weighted by molar-refractivity contribution is -0.140. The Morgan fingerprint density at radius 3 is 2.25 bits per heavy atom. The predicted octanol–water partition coefficient (Wildman–Crippen LogP) is 4.15. The molecule has 0 radical (unpaired) electrons. The van der Waals surface area contributed by atoms with Crippen molar-refractivity contribution in [2.24, 2.45) is 0 Å². The molecule has 214 valence electrons. The summed E-state index contributed by atoms with van der Waals surface area (Å²) >= 11 is 0. The highest BCUT2D eigenvalue weighted by atomic mass is 32.2. The third-order valence-electron chi connectivity index (χ3n) is 6.44. The second-order valence-electron chi connectivity index (χ2n) is 9.19. The number of amides is 2. The molecule has 10 heteroatoms. The van der Waals surface area contributed by atoms with Crippen LogP contribution >= 0.6 is 0 Å². The van der Waals surface area contributed by atoms with Crippen molar-refractivity contribution >= 4 is 27.5 Å². The topological polar surface area (TPSA) is 105 Å². The smallest absolute Gasteiger partial charge is 0.264 e. The molecule has 2 amide bonds. The first-order chi connectivity index (χ1) is 19.2. The number of nitrogens with zero attached hydrogens (tertiary/aromatic N) is 2. The summed E-state index contributed by atoms with van der Waals surface area (Å²) in [6.07, 6.45) is 0.345.